The van der Waals surface area contributed by atoms with E-state index in [0.717, 1.165) is 16.4 Å². The van der Waals surface area contributed by atoms with E-state index >= 15 is 0 Å². The van der Waals surface area contributed by atoms with Crippen LogP contribution in [-0.2, 0) is 6.42 Å². The maximum atomic E-state index is 12.2. The normalized spacial score (nSPS) is 10.5. The van der Waals surface area contributed by atoms with Crippen LogP contribution < -0.4 is 10.1 Å². The Morgan fingerprint density at radius 2 is 2.04 bits per heavy atom. The first-order chi connectivity index (χ1) is 11.3. The highest BCUT2D eigenvalue weighted by atomic mass is 32.1. The van der Waals surface area contributed by atoms with Crippen LogP contribution in [0.2, 0.25) is 0 Å². The van der Waals surface area contributed by atoms with Gasteiger partial charge in [0.1, 0.15) is 11.4 Å². The monoisotopic (exact) mass is 327 g/mol. The second kappa shape index (κ2) is 7.11. The molecule has 0 atom stereocenters. The maximum absolute atomic E-state index is 12.2. The molecule has 1 aromatic carbocycles. The topological polar surface area (TPSA) is 56.1 Å². The van der Waals surface area contributed by atoms with Crippen molar-refractivity contribution in [3.8, 4) is 10.9 Å². The molecule has 3 rings (SSSR count). The van der Waals surface area contributed by atoms with Crippen LogP contribution in [0.1, 0.15) is 16.1 Å². The predicted molar refractivity (Wildman–Crippen MR) is 90.5 cm³/mol. The zero-order valence-electron chi connectivity index (χ0n) is 12.7. The summed E-state index contributed by atoms with van der Waals surface area (Å²) in [4.78, 5) is 16.5. The van der Waals surface area contributed by atoms with E-state index in [9.17, 15) is 4.79 Å². The number of ether oxygens (including phenoxy) is 1. The standard InChI is InChI=1S/C17H17N3O2S/c1-22-15-7-3-2-6-13(15)8-9-18-16(21)14-12-23-17(19-14)20-10-4-5-11-20/h2-7,10-12H,8-9H2,1H3,(H,18,21). The van der Waals surface area contributed by atoms with E-state index in [-0.39, 0.29) is 5.91 Å². The minimum Gasteiger partial charge on any atom is -0.496 e. The highest BCUT2D eigenvalue weighted by molar-refractivity contribution is 7.12. The van der Waals surface area contributed by atoms with E-state index in [1.165, 1.54) is 11.3 Å². The van der Waals surface area contributed by atoms with E-state index in [1.54, 1.807) is 12.5 Å². The Hall–Kier alpha value is -2.60. The fourth-order valence-electron chi connectivity index (χ4n) is 2.26. The average molecular weight is 327 g/mol. The number of carbonyl (C=O) groups is 1. The fraction of sp³-hybridized carbons (Fsp3) is 0.176. The number of nitrogens with zero attached hydrogens (tertiary/aromatic N) is 2. The van der Waals surface area contributed by atoms with E-state index < -0.39 is 0 Å². The molecule has 5 nitrogen and oxygen atoms in total. The third-order valence-corrected chi connectivity index (χ3v) is 4.28. The average Bonchev–Trinajstić information content (AvgIpc) is 3.26. The minimum absolute atomic E-state index is 0.158. The van der Waals surface area contributed by atoms with Crippen molar-refractivity contribution in [3.05, 3.63) is 65.4 Å². The van der Waals surface area contributed by atoms with Gasteiger partial charge in [-0.2, -0.15) is 0 Å². The van der Waals surface area contributed by atoms with Crippen molar-refractivity contribution in [2.75, 3.05) is 13.7 Å². The molecular formula is C17H17N3O2S. The fourth-order valence-corrected chi connectivity index (χ4v) is 3.03. The van der Waals surface area contributed by atoms with Crippen LogP contribution in [0.3, 0.4) is 0 Å². The molecule has 3 aromatic rings. The number of methoxy groups -OCH3 is 1. The highest BCUT2D eigenvalue weighted by Gasteiger charge is 2.11. The molecule has 0 saturated carbocycles. The summed E-state index contributed by atoms with van der Waals surface area (Å²) >= 11 is 1.44. The largest absolute Gasteiger partial charge is 0.496 e. The molecule has 2 aromatic heterocycles. The third kappa shape index (κ3) is 3.60. The zero-order chi connectivity index (χ0) is 16.1. The van der Waals surface area contributed by atoms with Crippen LogP contribution in [0.4, 0.5) is 0 Å². The number of aromatic nitrogens is 2. The zero-order valence-corrected chi connectivity index (χ0v) is 13.5. The quantitative estimate of drug-likeness (QED) is 0.757. The van der Waals surface area contributed by atoms with Crippen molar-refractivity contribution in [2.24, 2.45) is 0 Å². The number of hydrogen-bond donors (Lipinski definition) is 1. The smallest absolute Gasteiger partial charge is 0.270 e. The molecule has 2 heterocycles. The van der Waals surface area contributed by atoms with Gasteiger partial charge in [0.05, 0.1) is 7.11 Å². The van der Waals surface area contributed by atoms with Crippen LogP contribution in [0.5, 0.6) is 5.75 Å². The summed E-state index contributed by atoms with van der Waals surface area (Å²) in [5.41, 5.74) is 1.51. The van der Waals surface area contributed by atoms with Crippen molar-refractivity contribution in [1.29, 1.82) is 0 Å². The van der Waals surface area contributed by atoms with Crippen LogP contribution in [0, 0.1) is 0 Å². The molecule has 1 amide bonds. The van der Waals surface area contributed by atoms with Crippen LogP contribution in [0.25, 0.3) is 5.13 Å². The van der Waals surface area contributed by atoms with Gasteiger partial charge in [0, 0.05) is 24.3 Å². The Kier molecular flexibility index (Phi) is 4.73. The van der Waals surface area contributed by atoms with Crippen molar-refractivity contribution < 1.29 is 9.53 Å². The van der Waals surface area contributed by atoms with Crippen LogP contribution in [-0.4, -0.2) is 29.1 Å². The van der Waals surface area contributed by atoms with Gasteiger partial charge in [0.15, 0.2) is 5.13 Å². The van der Waals surface area contributed by atoms with Crippen molar-refractivity contribution in [1.82, 2.24) is 14.9 Å². The molecule has 0 aliphatic rings. The first-order valence-electron chi connectivity index (χ1n) is 7.27. The van der Waals surface area contributed by atoms with Gasteiger partial charge in [-0.05, 0) is 30.2 Å². The molecule has 0 fully saturated rings. The van der Waals surface area contributed by atoms with Gasteiger partial charge in [-0.3, -0.25) is 4.79 Å². The maximum Gasteiger partial charge on any atom is 0.270 e. The second-order valence-corrected chi connectivity index (χ2v) is 5.76. The van der Waals surface area contributed by atoms with Gasteiger partial charge < -0.3 is 14.6 Å². The summed E-state index contributed by atoms with van der Waals surface area (Å²) in [7, 11) is 1.65. The molecule has 0 spiro atoms. The number of nitrogens with one attached hydrogen (secondary N) is 1. The van der Waals surface area contributed by atoms with Gasteiger partial charge >= 0.3 is 0 Å². The van der Waals surface area contributed by atoms with Crippen molar-refractivity contribution in [2.45, 2.75) is 6.42 Å². The Morgan fingerprint density at radius 1 is 1.26 bits per heavy atom. The molecule has 1 N–H and O–H groups in total. The molecule has 23 heavy (non-hydrogen) atoms. The lowest BCUT2D eigenvalue weighted by Crippen LogP contribution is -2.26. The molecule has 0 bridgehead atoms. The Morgan fingerprint density at radius 3 is 2.83 bits per heavy atom. The number of thiazole rings is 1. The third-order valence-electron chi connectivity index (χ3n) is 3.42. The lowest BCUT2D eigenvalue weighted by molar-refractivity contribution is 0.0949. The van der Waals surface area contributed by atoms with Crippen LogP contribution >= 0.6 is 11.3 Å². The number of amides is 1. The summed E-state index contributed by atoms with van der Waals surface area (Å²) in [6.07, 6.45) is 4.52. The minimum atomic E-state index is -0.158. The molecule has 0 radical (unpaired) electrons. The van der Waals surface area contributed by atoms with Gasteiger partial charge in [-0.25, -0.2) is 4.98 Å². The summed E-state index contributed by atoms with van der Waals surface area (Å²) in [5.74, 6) is 0.680. The summed E-state index contributed by atoms with van der Waals surface area (Å²) in [6, 6.07) is 11.7. The van der Waals surface area contributed by atoms with Gasteiger partial charge in [-0.1, -0.05) is 18.2 Å². The summed E-state index contributed by atoms with van der Waals surface area (Å²) < 4.78 is 7.19. The molecule has 0 unspecified atom stereocenters. The Bertz CT molecular complexity index is 781. The Labute approximate surface area is 138 Å². The molecule has 0 aliphatic heterocycles. The van der Waals surface area contributed by atoms with E-state index in [1.807, 2.05) is 53.4 Å². The lowest BCUT2D eigenvalue weighted by atomic mass is 10.1. The number of rotatable bonds is 6. The number of hydrogen-bond acceptors (Lipinski definition) is 4. The number of carbonyl (C=O) groups excluding carboxylic acids is 1. The lowest BCUT2D eigenvalue weighted by Gasteiger charge is -2.08. The Balaban J connectivity index is 1.57. The number of benzene rings is 1. The molecular weight excluding hydrogens is 310 g/mol. The van der Waals surface area contributed by atoms with E-state index in [4.69, 9.17) is 4.74 Å². The molecule has 0 aliphatic carbocycles. The van der Waals surface area contributed by atoms with Gasteiger partial charge in [0.2, 0.25) is 0 Å². The number of para-hydroxylation sites is 1. The predicted octanol–water partition coefficient (Wildman–Crippen LogP) is 2.91. The summed E-state index contributed by atoms with van der Waals surface area (Å²) in [6.45, 7) is 0.537. The first-order valence-corrected chi connectivity index (χ1v) is 8.15. The van der Waals surface area contributed by atoms with Crippen molar-refractivity contribution in [3.63, 3.8) is 0 Å². The van der Waals surface area contributed by atoms with Crippen molar-refractivity contribution >= 4 is 17.2 Å². The molecule has 6 heteroatoms. The van der Waals surface area contributed by atoms with Crippen LogP contribution in [0.15, 0.2) is 54.2 Å². The van der Waals surface area contributed by atoms with E-state index in [2.05, 4.69) is 10.3 Å². The SMILES string of the molecule is COc1ccccc1CCNC(=O)c1csc(-n2cccc2)n1. The molecule has 118 valence electrons. The summed E-state index contributed by atoms with van der Waals surface area (Å²) in [5, 5.41) is 5.45. The van der Waals surface area contributed by atoms with Gasteiger partial charge in [-0.15, -0.1) is 11.3 Å². The highest BCUT2D eigenvalue weighted by Crippen LogP contribution is 2.17. The molecule has 0 saturated heterocycles. The first kappa shape index (κ1) is 15.3. The van der Waals surface area contributed by atoms with E-state index in [0.29, 0.717) is 18.7 Å². The second-order valence-electron chi connectivity index (χ2n) is 4.92. The van der Waals surface area contributed by atoms with Gasteiger partial charge in [0.25, 0.3) is 5.91 Å².